The molecule has 0 N–H and O–H groups in total. The van der Waals surface area contributed by atoms with Crippen LogP contribution in [0.4, 0.5) is 0 Å². The molecule has 0 saturated carbocycles. The van der Waals surface area contributed by atoms with E-state index in [4.69, 9.17) is 13.9 Å². The number of para-hydroxylation sites is 1. The molecule has 1 saturated heterocycles. The summed E-state index contributed by atoms with van der Waals surface area (Å²) in [5, 5.41) is 1.23. The maximum Gasteiger partial charge on any atom is 0.169 e. The molecular weight excluding hydrogens is 264 g/mol. The molecule has 110 valence electrons. The van der Waals surface area contributed by atoms with Crippen LogP contribution in [0.3, 0.4) is 0 Å². The van der Waals surface area contributed by atoms with Gasteiger partial charge in [0.2, 0.25) is 0 Å². The van der Waals surface area contributed by atoms with Gasteiger partial charge >= 0.3 is 0 Å². The average molecular weight is 284 g/mol. The largest absolute Gasteiger partial charge is 0.464 e. The Morgan fingerprint density at radius 3 is 2.81 bits per heavy atom. The van der Waals surface area contributed by atoms with Crippen LogP contribution in [-0.2, 0) is 15.9 Å². The second kappa shape index (κ2) is 5.32. The summed E-state index contributed by atoms with van der Waals surface area (Å²) in [6.07, 6.45) is 9.24. The minimum absolute atomic E-state index is 0.309. The Kier molecular flexibility index (Phi) is 3.32. The zero-order valence-electron chi connectivity index (χ0n) is 12.1. The van der Waals surface area contributed by atoms with Gasteiger partial charge in [-0.2, -0.15) is 0 Å². The van der Waals surface area contributed by atoms with Gasteiger partial charge in [-0.1, -0.05) is 29.8 Å². The molecule has 1 fully saturated rings. The highest BCUT2D eigenvalue weighted by Crippen LogP contribution is 2.35. The van der Waals surface area contributed by atoms with Crippen LogP contribution in [0.1, 0.15) is 31.2 Å². The van der Waals surface area contributed by atoms with Gasteiger partial charge in [-0.15, -0.1) is 0 Å². The van der Waals surface area contributed by atoms with Crippen LogP contribution in [0.2, 0.25) is 0 Å². The van der Waals surface area contributed by atoms with Crippen molar-refractivity contribution < 1.29 is 13.9 Å². The summed E-state index contributed by atoms with van der Waals surface area (Å²) in [6, 6.07) is 8.24. The second-order valence-corrected chi connectivity index (χ2v) is 5.94. The Bertz CT molecular complexity index is 662. The molecule has 21 heavy (non-hydrogen) atoms. The molecule has 1 aromatic heterocycles. The zero-order chi connectivity index (χ0) is 14.1. The van der Waals surface area contributed by atoms with Crippen LogP contribution >= 0.6 is 0 Å². The van der Waals surface area contributed by atoms with Gasteiger partial charge < -0.3 is 13.9 Å². The Balaban J connectivity index is 1.51. The first-order valence-corrected chi connectivity index (χ1v) is 7.76. The van der Waals surface area contributed by atoms with Crippen LogP contribution < -0.4 is 0 Å². The summed E-state index contributed by atoms with van der Waals surface area (Å²) in [6.45, 7) is 1.48. The van der Waals surface area contributed by atoms with Gasteiger partial charge in [0.25, 0.3) is 0 Å². The van der Waals surface area contributed by atoms with Crippen molar-refractivity contribution in [3.8, 4) is 0 Å². The van der Waals surface area contributed by atoms with Gasteiger partial charge in [0.1, 0.15) is 5.58 Å². The molecule has 0 amide bonds. The van der Waals surface area contributed by atoms with Gasteiger partial charge in [-0.25, -0.2) is 0 Å². The van der Waals surface area contributed by atoms with E-state index in [0.29, 0.717) is 0 Å². The topological polar surface area (TPSA) is 31.6 Å². The van der Waals surface area contributed by atoms with Crippen molar-refractivity contribution in [1.29, 1.82) is 0 Å². The standard InChI is InChI=1S/C18H20O3/c1-2-6-17-16(5-1)15(13-19-17)12-14-4-3-8-18(9-7-14)20-10-11-21-18/h1-2,4-6,13H,3,7-12H2. The van der Waals surface area contributed by atoms with Crippen molar-refractivity contribution in [1.82, 2.24) is 0 Å². The molecule has 3 nitrogen and oxygen atoms in total. The lowest BCUT2D eigenvalue weighted by atomic mass is 10.00. The number of allylic oxidation sites excluding steroid dienone is 2. The Morgan fingerprint density at radius 2 is 1.90 bits per heavy atom. The minimum atomic E-state index is -0.309. The molecular formula is C18H20O3. The molecule has 4 rings (SSSR count). The molecule has 1 spiro atoms. The SMILES string of the molecule is C1=C(Cc2coc3ccccc23)CCC2(CC1)OCCO2. The number of hydrogen-bond acceptors (Lipinski definition) is 3. The van der Waals surface area contributed by atoms with Gasteiger partial charge in [0, 0.05) is 23.8 Å². The highest BCUT2D eigenvalue weighted by Gasteiger charge is 2.36. The first-order valence-electron chi connectivity index (χ1n) is 7.76. The van der Waals surface area contributed by atoms with E-state index in [2.05, 4.69) is 18.2 Å². The predicted octanol–water partition coefficient (Wildman–Crippen LogP) is 4.22. The number of fused-ring (bicyclic) bond motifs is 1. The third kappa shape index (κ3) is 2.52. The second-order valence-electron chi connectivity index (χ2n) is 5.94. The molecule has 0 unspecified atom stereocenters. The Hall–Kier alpha value is -1.58. The molecule has 0 radical (unpaired) electrons. The lowest BCUT2D eigenvalue weighted by molar-refractivity contribution is -0.164. The Morgan fingerprint density at radius 1 is 1.05 bits per heavy atom. The molecule has 1 aliphatic carbocycles. The van der Waals surface area contributed by atoms with Crippen LogP contribution in [0.25, 0.3) is 11.0 Å². The summed E-state index contributed by atoms with van der Waals surface area (Å²) in [7, 11) is 0. The molecule has 2 aliphatic rings. The fraction of sp³-hybridized carbons (Fsp3) is 0.444. The summed E-state index contributed by atoms with van der Waals surface area (Å²) in [4.78, 5) is 0. The Labute approximate surface area is 124 Å². The van der Waals surface area contributed by atoms with Crippen LogP contribution in [0.15, 0.2) is 46.6 Å². The fourth-order valence-corrected chi connectivity index (χ4v) is 3.43. The summed E-state index contributed by atoms with van der Waals surface area (Å²) in [5.74, 6) is -0.309. The van der Waals surface area contributed by atoms with Gasteiger partial charge in [-0.05, 0) is 25.3 Å². The first-order chi connectivity index (χ1) is 10.3. The maximum atomic E-state index is 5.84. The molecule has 3 heteroatoms. The summed E-state index contributed by atoms with van der Waals surface area (Å²) >= 11 is 0. The molecule has 0 bridgehead atoms. The van der Waals surface area contributed by atoms with E-state index >= 15 is 0 Å². The smallest absolute Gasteiger partial charge is 0.169 e. The van der Waals surface area contributed by atoms with Crippen molar-refractivity contribution in [2.75, 3.05) is 13.2 Å². The quantitative estimate of drug-likeness (QED) is 0.774. The van der Waals surface area contributed by atoms with Gasteiger partial charge in [-0.3, -0.25) is 0 Å². The number of ether oxygens (including phenoxy) is 2. The lowest BCUT2D eigenvalue weighted by Gasteiger charge is -2.25. The number of rotatable bonds is 2. The highest BCUT2D eigenvalue weighted by molar-refractivity contribution is 5.81. The summed E-state index contributed by atoms with van der Waals surface area (Å²) in [5.41, 5.74) is 3.72. The van der Waals surface area contributed by atoms with E-state index in [1.165, 1.54) is 16.5 Å². The van der Waals surface area contributed by atoms with Gasteiger partial charge in [0.05, 0.1) is 19.5 Å². The first kappa shape index (κ1) is 13.1. The van der Waals surface area contributed by atoms with E-state index in [-0.39, 0.29) is 5.79 Å². The lowest BCUT2D eigenvalue weighted by Crippen LogP contribution is -2.29. The van der Waals surface area contributed by atoms with Crippen molar-refractivity contribution in [2.24, 2.45) is 0 Å². The number of hydrogen-bond donors (Lipinski definition) is 0. The predicted molar refractivity (Wildman–Crippen MR) is 81.1 cm³/mol. The highest BCUT2D eigenvalue weighted by atomic mass is 16.7. The molecule has 1 aromatic carbocycles. The van der Waals surface area contributed by atoms with Crippen LogP contribution in [0, 0.1) is 0 Å². The summed E-state index contributed by atoms with van der Waals surface area (Å²) < 4.78 is 17.3. The van der Waals surface area contributed by atoms with Crippen molar-refractivity contribution in [3.05, 3.63) is 47.7 Å². The molecule has 2 heterocycles. The average Bonchev–Trinajstić information content (AvgIpc) is 3.07. The third-order valence-corrected chi connectivity index (χ3v) is 4.58. The van der Waals surface area contributed by atoms with Crippen molar-refractivity contribution in [3.63, 3.8) is 0 Å². The van der Waals surface area contributed by atoms with Crippen molar-refractivity contribution >= 4 is 11.0 Å². The van der Waals surface area contributed by atoms with E-state index in [0.717, 1.165) is 50.9 Å². The molecule has 2 aromatic rings. The van der Waals surface area contributed by atoms with Crippen molar-refractivity contribution in [2.45, 2.75) is 37.9 Å². The fourth-order valence-electron chi connectivity index (χ4n) is 3.43. The number of benzene rings is 1. The van der Waals surface area contributed by atoms with E-state index in [1.807, 2.05) is 18.4 Å². The monoisotopic (exact) mass is 284 g/mol. The van der Waals surface area contributed by atoms with E-state index in [9.17, 15) is 0 Å². The minimum Gasteiger partial charge on any atom is -0.464 e. The maximum absolute atomic E-state index is 5.84. The third-order valence-electron chi connectivity index (χ3n) is 4.58. The van der Waals surface area contributed by atoms with Gasteiger partial charge in [0.15, 0.2) is 5.79 Å². The van der Waals surface area contributed by atoms with E-state index in [1.54, 1.807) is 0 Å². The normalized spacial score (nSPS) is 21.6. The molecule has 0 atom stereocenters. The van der Waals surface area contributed by atoms with E-state index < -0.39 is 0 Å². The van der Waals surface area contributed by atoms with Crippen LogP contribution in [-0.4, -0.2) is 19.0 Å². The van der Waals surface area contributed by atoms with Crippen LogP contribution in [0.5, 0.6) is 0 Å². The number of furan rings is 1. The molecule has 1 aliphatic heterocycles. The zero-order valence-corrected chi connectivity index (χ0v) is 12.1.